The van der Waals surface area contributed by atoms with Crippen LogP contribution in [-0.2, 0) is 16.6 Å². The van der Waals surface area contributed by atoms with Gasteiger partial charge in [0.1, 0.15) is 11.9 Å². The summed E-state index contributed by atoms with van der Waals surface area (Å²) >= 11 is 0. The molecule has 2 aliphatic rings. The van der Waals surface area contributed by atoms with E-state index in [9.17, 15) is 4.79 Å². The summed E-state index contributed by atoms with van der Waals surface area (Å²) < 4.78 is 7.45. The van der Waals surface area contributed by atoms with Crippen LogP contribution in [0.3, 0.4) is 0 Å². The molecule has 1 N–H and O–H groups in total. The summed E-state index contributed by atoms with van der Waals surface area (Å²) in [5.74, 6) is 2.08. The van der Waals surface area contributed by atoms with Gasteiger partial charge < -0.3 is 10.1 Å². The molecule has 1 saturated carbocycles. The molecule has 3 rings (SSSR count). The molecule has 122 valence electrons. The Morgan fingerprint density at radius 2 is 2.09 bits per heavy atom. The van der Waals surface area contributed by atoms with E-state index in [1.165, 1.54) is 25.7 Å². The fourth-order valence-electron chi connectivity index (χ4n) is 3.78. The van der Waals surface area contributed by atoms with Gasteiger partial charge in [0.25, 0.3) is 5.91 Å². The number of anilines is 1. The van der Waals surface area contributed by atoms with Crippen molar-refractivity contribution >= 4 is 11.7 Å². The van der Waals surface area contributed by atoms with Crippen LogP contribution in [0, 0.1) is 11.8 Å². The van der Waals surface area contributed by atoms with E-state index in [0.29, 0.717) is 24.4 Å². The van der Waals surface area contributed by atoms with Gasteiger partial charge in [0.05, 0.1) is 5.69 Å². The molecule has 1 aliphatic carbocycles. The highest BCUT2D eigenvalue weighted by atomic mass is 16.5. The molecule has 22 heavy (non-hydrogen) atoms. The van der Waals surface area contributed by atoms with Crippen LogP contribution in [0.1, 0.15) is 57.6 Å². The third-order valence-electron chi connectivity index (χ3n) is 5.18. The molecule has 0 radical (unpaired) electrons. The third kappa shape index (κ3) is 3.05. The zero-order chi connectivity index (χ0) is 15.7. The van der Waals surface area contributed by atoms with Crippen molar-refractivity contribution in [2.45, 2.75) is 58.0 Å². The number of hydrogen-bond acceptors (Lipinski definition) is 3. The molecule has 1 aromatic heterocycles. The lowest BCUT2D eigenvalue weighted by Gasteiger charge is -2.20. The number of nitrogens with one attached hydrogen (secondary N) is 1. The number of aromatic nitrogens is 2. The highest BCUT2D eigenvalue weighted by Gasteiger charge is 2.36. The van der Waals surface area contributed by atoms with Gasteiger partial charge in [-0.2, -0.15) is 5.10 Å². The predicted molar refractivity (Wildman–Crippen MR) is 85.7 cm³/mol. The zero-order valence-electron chi connectivity index (χ0n) is 13.8. The first-order chi connectivity index (χ1) is 10.6. The van der Waals surface area contributed by atoms with Gasteiger partial charge in [-0.05, 0) is 31.1 Å². The van der Waals surface area contributed by atoms with E-state index >= 15 is 0 Å². The molecule has 1 saturated heterocycles. The molecule has 1 aromatic rings. The summed E-state index contributed by atoms with van der Waals surface area (Å²) in [6.07, 6.45) is 5.64. The molecule has 0 unspecified atom stereocenters. The van der Waals surface area contributed by atoms with E-state index in [1.807, 2.05) is 13.1 Å². The first-order valence-corrected chi connectivity index (χ1v) is 8.52. The van der Waals surface area contributed by atoms with E-state index < -0.39 is 0 Å². The highest BCUT2D eigenvalue weighted by molar-refractivity contribution is 5.94. The quantitative estimate of drug-likeness (QED) is 0.930. The molecule has 2 heterocycles. The average Bonchev–Trinajstić information content (AvgIpc) is 3.18. The van der Waals surface area contributed by atoms with Gasteiger partial charge in [0.2, 0.25) is 0 Å². The second-order valence-electron chi connectivity index (χ2n) is 7.04. The number of carbonyl (C=O) groups is 1. The lowest BCUT2D eigenvalue weighted by molar-refractivity contribution is -0.127. The van der Waals surface area contributed by atoms with Crippen LogP contribution < -0.4 is 5.32 Å². The number of aryl methyl sites for hydroxylation is 1. The molecule has 5 heteroatoms. The normalized spacial score (nSPS) is 26.0. The van der Waals surface area contributed by atoms with Crippen molar-refractivity contribution in [3.8, 4) is 0 Å². The molecule has 0 aromatic carbocycles. The zero-order valence-corrected chi connectivity index (χ0v) is 13.8. The maximum absolute atomic E-state index is 12.5. The van der Waals surface area contributed by atoms with Gasteiger partial charge in [-0.1, -0.05) is 26.7 Å². The number of hydrogen-bond donors (Lipinski definition) is 1. The van der Waals surface area contributed by atoms with Crippen LogP contribution in [0.15, 0.2) is 6.07 Å². The van der Waals surface area contributed by atoms with Crippen LogP contribution in [0.5, 0.6) is 0 Å². The first-order valence-electron chi connectivity index (χ1n) is 8.52. The number of carbonyl (C=O) groups excluding carboxylic acids is 1. The lowest BCUT2D eigenvalue weighted by Crippen LogP contribution is -2.35. The maximum Gasteiger partial charge on any atom is 0.254 e. The van der Waals surface area contributed by atoms with E-state index in [1.54, 1.807) is 4.68 Å². The smallest absolute Gasteiger partial charge is 0.254 e. The second-order valence-corrected chi connectivity index (χ2v) is 7.04. The van der Waals surface area contributed by atoms with Gasteiger partial charge in [-0.3, -0.25) is 9.48 Å². The number of rotatable bonds is 4. The standard InChI is InChI=1S/C17H27N3O2/c1-11(2)13-8-9-22-16(13)17(21)18-15-10-14(19-20(15)3)12-6-4-5-7-12/h10-13,16H,4-9H2,1-3H3,(H,18,21)/t13-,16-/m1/s1. The largest absolute Gasteiger partial charge is 0.368 e. The summed E-state index contributed by atoms with van der Waals surface area (Å²) in [7, 11) is 1.89. The summed E-state index contributed by atoms with van der Waals surface area (Å²) in [5, 5.41) is 7.60. The third-order valence-corrected chi connectivity index (χ3v) is 5.18. The van der Waals surface area contributed by atoms with Crippen molar-refractivity contribution < 1.29 is 9.53 Å². The van der Waals surface area contributed by atoms with E-state index in [2.05, 4.69) is 24.3 Å². The number of nitrogens with zero attached hydrogens (tertiary/aromatic N) is 2. The highest BCUT2D eigenvalue weighted by Crippen LogP contribution is 2.34. The maximum atomic E-state index is 12.5. The molecule has 2 fully saturated rings. The fraction of sp³-hybridized carbons (Fsp3) is 0.765. The summed E-state index contributed by atoms with van der Waals surface area (Å²) in [5.41, 5.74) is 1.11. The SMILES string of the molecule is CC(C)[C@H]1CCO[C@H]1C(=O)Nc1cc(C2CCCC2)nn1C. The summed E-state index contributed by atoms with van der Waals surface area (Å²) in [4.78, 5) is 12.5. The Labute approximate surface area is 132 Å². The summed E-state index contributed by atoms with van der Waals surface area (Å²) in [6, 6.07) is 2.03. The Bertz CT molecular complexity index is 532. The Kier molecular flexibility index (Phi) is 4.52. The van der Waals surface area contributed by atoms with E-state index in [4.69, 9.17) is 4.74 Å². The first kappa shape index (κ1) is 15.5. The van der Waals surface area contributed by atoms with E-state index in [0.717, 1.165) is 17.9 Å². The Morgan fingerprint density at radius 1 is 1.36 bits per heavy atom. The average molecular weight is 305 g/mol. The van der Waals surface area contributed by atoms with Gasteiger partial charge >= 0.3 is 0 Å². The van der Waals surface area contributed by atoms with Crippen molar-refractivity contribution in [3.05, 3.63) is 11.8 Å². The Hall–Kier alpha value is -1.36. The van der Waals surface area contributed by atoms with Crippen molar-refractivity contribution in [1.29, 1.82) is 0 Å². The van der Waals surface area contributed by atoms with Gasteiger partial charge in [-0.15, -0.1) is 0 Å². The van der Waals surface area contributed by atoms with Crippen molar-refractivity contribution in [3.63, 3.8) is 0 Å². The molecule has 1 amide bonds. The van der Waals surface area contributed by atoms with Crippen LogP contribution in [-0.4, -0.2) is 28.4 Å². The lowest BCUT2D eigenvalue weighted by atomic mass is 9.89. The molecule has 0 bridgehead atoms. The van der Waals surface area contributed by atoms with Crippen LogP contribution in [0.2, 0.25) is 0 Å². The number of ether oxygens (including phenoxy) is 1. The van der Waals surface area contributed by atoms with Gasteiger partial charge in [0, 0.05) is 25.6 Å². The fourth-order valence-corrected chi connectivity index (χ4v) is 3.78. The minimum Gasteiger partial charge on any atom is -0.368 e. The van der Waals surface area contributed by atoms with Crippen molar-refractivity contribution in [2.24, 2.45) is 18.9 Å². The van der Waals surface area contributed by atoms with Crippen LogP contribution >= 0.6 is 0 Å². The predicted octanol–water partition coefficient (Wildman–Crippen LogP) is 3.08. The van der Waals surface area contributed by atoms with Crippen LogP contribution in [0.4, 0.5) is 5.82 Å². The van der Waals surface area contributed by atoms with E-state index in [-0.39, 0.29) is 12.0 Å². The molecular formula is C17H27N3O2. The van der Waals surface area contributed by atoms with Crippen molar-refractivity contribution in [1.82, 2.24) is 9.78 Å². The molecule has 1 aliphatic heterocycles. The molecule has 5 nitrogen and oxygen atoms in total. The molecule has 0 spiro atoms. The number of amides is 1. The minimum atomic E-state index is -0.329. The Morgan fingerprint density at radius 3 is 2.77 bits per heavy atom. The topological polar surface area (TPSA) is 56.1 Å². The van der Waals surface area contributed by atoms with Crippen molar-refractivity contribution in [2.75, 3.05) is 11.9 Å². The van der Waals surface area contributed by atoms with Gasteiger partial charge in [0.15, 0.2) is 0 Å². The second kappa shape index (κ2) is 6.41. The summed E-state index contributed by atoms with van der Waals surface area (Å²) in [6.45, 7) is 4.99. The van der Waals surface area contributed by atoms with Crippen LogP contribution in [0.25, 0.3) is 0 Å². The molecular weight excluding hydrogens is 278 g/mol. The monoisotopic (exact) mass is 305 g/mol. The molecule has 2 atom stereocenters. The van der Waals surface area contributed by atoms with Gasteiger partial charge in [-0.25, -0.2) is 0 Å². The minimum absolute atomic E-state index is 0.0304. The Balaban J connectivity index is 1.68.